The zero-order valence-electron chi connectivity index (χ0n) is 27.7. The molecule has 0 aliphatic carbocycles. The van der Waals surface area contributed by atoms with Gasteiger partial charge in [0.15, 0.2) is 6.10 Å². The number of carbonyl (C=O) groups is 2. The van der Waals surface area contributed by atoms with Crippen LogP contribution in [-0.4, -0.2) is 56.3 Å². The summed E-state index contributed by atoms with van der Waals surface area (Å²) in [5.41, 5.74) is 0. The smallest absolute Gasteiger partial charge is 0.306 e. The van der Waals surface area contributed by atoms with Gasteiger partial charge in [-0.3, -0.25) is 9.59 Å². The average molecular weight is 569 g/mol. The summed E-state index contributed by atoms with van der Waals surface area (Å²) in [6.07, 6.45) is 28.3. The fraction of sp³-hybridized carbons (Fsp3) is 0.943. The summed E-state index contributed by atoms with van der Waals surface area (Å²) in [6.45, 7) is 8.41. The van der Waals surface area contributed by atoms with Crippen LogP contribution in [0.1, 0.15) is 175 Å². The van der Waals surface area contributed by atoms with E-state index in [1.165, 1.54) is 116 Å². The maximum Gasteiger partial charge on any atom is 0.306 e. The van der Waals surface area contributed by atoms with E-state index in [0.717, 1.165) is 36.7 Å². The highest BCUT2D eigenvalue weighted by Crippen LogP contribution is 2.14. The summed E-state index contributed by atoms with van der Waals surface area (Å²) in [7, 11) is 4.25. The molecule has 0 saturated carbocycles. The summed E-state index contributed by atoms with van der Waals surface area (Å²) in [5.74, 6) is -0.317. The van der Waals surface area contributed by atoms with Crippen LogP contribution in [0.4, 0.5) is 0 Å². The molecule has 0 rings (SSSR count). The van der Waals surface area contributed by atoms with Crippen LogP contribution in [0.3, 0.4) is 0 Å². The van der Waals surface area contributed by atoms with E-state index in [0.29, 0.717) is 19.4 Å². The molecule has 0 N–H and O–H groups in total. The lowest BCUT2D eigenvalue weighted by molar-refractivity contribution is -0.891. The molecule has 0 aromatic heterocycles. The Labute approximate surface area is 250 Å². The van der Waals surface area contributed by atoms with E-state index in [1.807, 2.05) is 0 Å². The first-order valence-corrected chi connectivity index (χ1v) is 17.5. The number of esters is 2. The minimum atomic E-state index is -0.378. The molecule has 0 fully saturated rings. The van der Waals surface area contributed by atoms with E-state index >= 15 is 0 Å². The predicted molar refractivity (Wildman–Crippen MR) is 171 cm³/mol. The van der Waals surface area contributed by atoms with Crippen molar-refractivity contribution in [1.82, 2.24) is 0 Å². The lowest BCUT2D eigenvalue weighted by Gasteiger charge is -2.31. The molecular weight excluding hydrogens is 498 g/mol. The Balaban J connectivity index is 4.04. The van der Waals surface area contributed by atoms with Gasteiger partial charge in [0.25, 0.3) is 0 Å². The largest absolute Gasteiger partial charge is 0.461 e. The Morgan fingerprint density at radius 2 is 0.875 bits per heavy atom. The highest BCUT2D eigenvalue weighted by molar-refractivity contribution is 5.70. The van der Waals surface area contributed by atoms with Gasteiger partial charge in [-0.25, -0.2) is 0 Å². The third kappa shape index (κ3) is 27.1. The normalized spacial score (nSPS) is 12.4. The number of likely N-dealkylation sites (N-methyl/N-ethyl adjacent to an activating group) is 1. The highest BCUT2D eigenvalue weighted by Gasteiger charge is 2.25. The van der Waals surface area contributed by atoms with E-state index in [-0.39, 0.29) is 24.6 Å². The van der Waals surface area contributed by atoms with Crippen LogP contribution >= 0.6 is 0 Å². The standard InChI is InChI=1S/C35H70NO4/c1-6-9-11-13-15-17-19-21-23-25-27-29-34(37)39-32-33(31-36(4,5)8-3)40-35(38)30-28-26-24-22-20-18-16-14-12-10-7-2/h33H,6-32H2,1-5H3/q+1. The number of carbonyl (C=O) groups excluding carboxylic acids is 2. The molecule has 0 heterocycles. The molecule has 0 saturated heterocycles. The number of ether oxygens (including phenoxy) is 2. The first-order valence-electron chi connectivity index (χ1n) is 17.5. The molecule has 1 unspecified atom stereocenters. The monoisotopic (exact) mass is 569 g/mol. The second-order valence-corrected chi connectivity index (χ2v) is 12.8. The first-order chi connectivity index (χ1) is 19.3. The van der Waals surface area contributed by atoms with Gasteiger partial charge in [-0.2, -0.15) is 0 Å². The molecule has 0 aliphatic heterocycles. The van der Waals surface area contributed by atoms with Gasteiger partial charge in [0, 0.05) is 12.8 Å². The summed E-state index contributed by atoms with van der Waals surface area (Å²) < 4.78 is 12.1. The minimum Gasteiger partial charge on any atom is -0.461 e. The SMILES string of the molecule is CCCCCCCCCCCCCC(=O)OCC(C[N+](C)(C)CC)OC(=O)CCCCCCCCCCCCC. The molecule has 0 spiro atoms. The predicted octanol–water partition coefficient (Wildman–Crippen LogP) is 9.94. The van der Waals surface area contributed by atoms with E-state index in [2.05, 4.69) is 34.9 Å². The van der Waals surface area contributed by atoms with Crippen molar-refractivity contribution in [2.45, 2.75) is 181 Å². The van der Waals surface area contributed by atoms with Crippen molar-refractivity contribution in [2.24, 2.45) is 0 Å². The number of nitrogens with zero attached hydrogens (tertiary/aromatic N) is 1. The maximum atomic E-state index is 12.5. The molecule has 238 valence electrons. The fourth-order valence-corrected chi connectivity index (χ4v) is 5.17. The Bertz CT molecular complexity index is 578. The minimum absolute atomic E-state index is 0.154. The van der Waals surface area contributed by atoms with Gasteiger partial charge in [-0.1, -0.05) is 142 Å². The number of rotatable bonds is 30. The molecule has 0 amide bonds. The Morgan fingerprint density at radius 1 is 0.525 bits per heavy atom. The van der Waals surface area contributed by atoms with Crippen molar-refractivity contribution < 1.29 is 23.5 Å². The van der Waals surface area contributed by atoms with Crippen LogP contribution in [0, 0.1) is 0 Å². The summed E-state index contributed by atoms with van der Waals surface area (Å²) >= 11 is 0. The number of hydrogen-bond acceptors (Lipinski definition) is 4. The van der Waals surface area contributed by atoms with E-state index in [4.69, 9.17) is 9.47 Å². The Kier molecular flexibility index (Phi) is 27.3. The van der Waals surface area contributed by atoms with Gasteiger partial charge < -0.3 is 14.0 Å². The highest BCUT2D eigenvalue weighted by atomic mass is 16.6. The summed E-state index contributed by atoms with van der Waals surface area (Å²) in [5, 5.41) is 0. The van der Waals surface area contributed by atoms with Crippen LogP contribution in [0.25, 0.3) is 0 Å². The van der Waals surface area contributed by atoms with E-state index in [9.17, 15) is 9.59 Å². The topological polar surface area (TPSA) is 52.6 Å². The van der Waals surface area contributed by atoms with Crippen molar-refractivity contribution in [3.05, 3.63) is 0 Å². The molecule has 1 atom stereocenters. The molecule has 0 radical (unpaired) electrons. The second-order valence-electron chi connectivity index (χ2n) is 12.8. The molecule has 5 nitrogen and oxygen atoms in total. The van der Waals surface area contributed by atoms with Crippen LogP contribution in [0.15, 0.2) is 0 Å². The van der Waals surface area contributed by atoms with Gasteiger partial charge in [-0.15, -0.1) is 0 Å². The quantitative estimate of drug-likeness (QED) is 0.0491. The van der Waals surface area contributed by atoms with Gasteiger partial charge >= 0.3 is 11.9 Å². The van der Waals surface area contributed by atoms with Crippen molar-refractivity contribution in [2.75, 3.05) is 33.8 Å². The lowest BCUT2D eigenvalue weighted by atomic mass is 10.1. The van der Waals surface area contributed by atoms with Gasteiger partial charge in [-0.05, 0) is 19.8 Å². The van der Waals surface area contributed by atoms with Crippen LogP contribution in [-0.2, 0) is 19.1 Å². The fourth-order valence-electron chi connectivity index (χ4n) is 5.17. The second kappa shape index (κ2) is 28.0. The summed E-state index contributed by atoms with van der Waals surface area (Å²) in [4.78, 5) is 24.9. The van der Waals surface area contributed by atoms with Crippen LogP contribution in [0.2, 0.25) is 0 Å². The zero-order chi connectivity index (χ0) is 29.7. The van der Waals surface area contributed by atoms with Gasteiger partial charge in [0.1, 0.15) is 13.2 Å². The molecule has 40 heavy (non-hydrogen) atoms. The number of quaternary nitrogens is 1. The van der Waals surface area contributed by atoms with Crippen LogP contribution < -0.4 is 0 Å². The Morgan fingerprint density at radius 3 is 1.25 bits per heavy atom. The summed E-state index contributed by atoms with van der Waals surface area (Å²) in [6, 6.07) is 0. The maximum absolute atomic E-state index is 12.5. The van der Waals surface area contributed by atoms with E-state index in [1.54, 1.807) is 0 Å². The third-order valence-corrected chi connectivity index (χ3v) is 8.25. The van der Waals surface area contributed by atoms with E-state index < -0.39 is 0 Å². The van der Waals surface area contributed by atoms with Gasteiger partial charge in [0.2, 0.25) is 0 Å². The van der Waals surface area contributed by atoms with Crippen molar-refractivity contribution in [3.63, 3.8) is 0 Å². The molecule has 0 bridgehead atoms. The molecular formula is C35H70NO4+. The molecule has 0 aromatic rings. The Hall–Kier alpha value is -1.10. The average Bonchev–Trinajstić information content (AvgIpc) is 2.93. The van der Waals surface area contributed by atoms with Crippen molar-refractivity contribution in [1.29, 1.82) is 0 Å². The van der Waals surface area contributed by atoms with Gasteiger partial charge in [0.05, 0.1) is 20.6 Å². The number of unbranched alkanes of at least 4 members (excludes halogenated alkanes) is 20. The molecule has 0 aromatic carbocycles. The zero-order valence-corrected chi connectivity index (χ0v) is 27.7. The van der Waals surface area contributed by atoms with Crippen molar-refractivity contribution in [3.8, 4) is 0 Å². The van der Waals surface area contributed by atoms with Crippen LogP contribution in [0.5, 0.6) is 0 Å². The molecule has 0 aliphatic rings. The first kappa shape index (κ1) is 38.9. The lowest BCUT2D eigenvalue weighted by Crippen LogP contribution is -2.47. The van der Waals surface area contributed by atoms with Crippen molar-refractivity contribution >= 4 is 11.9 Å². The molecule has 5 heteroatoms. The number of hydrogen-bond donors (Lipinski definition) is 0. The third-order valence-electron chi connectivity index (χ3n) is 8.25.